The van der Waals surface area contributed by atoms with Crippen molar-refractivity contribution in [2.45, 2.75) is 5.38 Å². The average molecular weight is 133 g/mol. The van der Waals surface area contributed by atoms with Gasteiger partial charge < -0.3 is 5.11 Å². The number of carboxylic acids is 1. The van der Waals surface area contributed by atoms with Crippen LogP contribution >= 0.6 is 11.6 Å². The van der Waals surface area contributed by atoms with E-state index in [2.05, 4.69) is 0 Å². The lowest BCUT2D eigenvalue weighted by molar-refractivity contribution is -0.140. The van der Waals surface area contributed by atoms with Crippen molar-refractivity contribution in [2.24, 2.45) is 5.92 Å². The molecule has 3 heteroatoms. The molecule has 0 saturated carbocycles. The molecule has 0 aromatic carbocycles. The van der Waals surface area contributed by atoms with E-state index in [0.717, 1.165) is 0 Å². The number of alkyl halides is 1. The summed E-state index contributed by atoms with van der Waals surface area (Å²) in [5.74, 6) is -1.29. The van der Waals surface area contributed by atoms with Crippen molar-refractivity contribution >= 4 is 17.6 Å². The number of carboxylic acid groups (broad SMARTS) is 1. The lowest BCUT2D eigenvalue weighted by atomic mass is 9.95. The third kappa shape index (κ3) is 0.713. The molecule has 0 aromatic rings. The molecule has 0 heterocycles. The maximum Gasteiger partial charge on any atom is 0.312 e. The highest BCUT2D eigenvalue weighted by Crippen LogP contribution is 2.23. The van der Waals surface area contributed by atoms with Gasteiger partial charge in [-0.1, -0.05) is 12.2 Å². The molecule has 0 aliphatic heterocycles. The molecule has 1 aliphatic carbocycles. The first-order chi connectivity index (χ1) is 3.72. The molecule has 0 bridgehead atoms. The Hall–Kier alpha value is -0.500. The molecule has 0 fully saturated rings. The zero-order valence-corrected chi connectivity index (χ0v) is 4.80. The van der Waals surface area contributed by atoms with Crippen LogP contribution in [0, 0.1) is 5.92 Å². The molecule has 0 saturated heterocycles. The molecule has 0 unspecified atom stereocenters. The van der Waals surface area contributed by atoms with E-state index in [1.165, 1.54) is 0 Å². The van der Waals surface area contributed by atoms with Crippen LogP contribution < -0.4 is 0 Å². The van der Waals surface area contributed by atoms with E-state index in [4.69, 9.17) is 16.7 Å². The van der Waals surface area contributed by atoms with Crippen LogP contribution in [0.25, 0.3) is 0 Å². The summed E-state index contributed by atoms with van der Waals surface area (Å²) >= 11 is 5.44. The second-order valence-electron chi connectivity index (χ2n) is 1.69. The first-order valence-electron chi connectivity index (χ1n) is 2.27. The van der Waals surface area contributed by atoms with Gasteiger partial charge in [0.05, 0.1) is 11.3 Å². The summed E-state index contributed by atoms with van der Waals surface area (Å²) in [6, 6.07) is 0. The molecule has 0 aromatic heterocycles. The quantitative estimate of drug-likeness (QED) is 0.425. The van der Waals surface area contributed by atoms with Crippen LogP contribution in [0.3, 0.4) is 0 Å². The van der Waals surface area contributed by atoms with Gasteiger partial charge in [0, 0.05) is 0 Å². The normalized spacial score (nSPS) is 34.1. The van der Waals surface area contributed by atoms with Crippen LogP contribution in [-0.2, 0) is 4.79 Å². The smallest absolute Gasteiger partial charge is 0.312 e. The van der Waals surface area contributed by atoms with Crippen LogP contribution in [0.4, 0.5) is 0 Å². The number of halogens is 1. The van der Waals surface area contributed by atoms with Crippen molar-refractivity contribution in [1.82, 2.24) is 0 Å². The van der Waals surface area contributed by atoms with E-state index in [1.807, 2.05) is 0 Å². The lowest BCUT2D eigenvalue weighted by Crippen LogP contribution is -2.26. The van der Waals surface area contributed by atoms with Crippen LogP contribution in [0.1, 0.15) is 0 Å². The number of rotatable bonds is 1. The number of aliphatic carboxylic acids is 1. The Morgan fingerprint density at radius 3 is 2.25 bits per heavy atom. The van der Waals surface area contributed by atoms with Crippen LogP contribution in [-0.4, -0.2) is 16.5 Å². The van der Waals surface area contributed by atoms with Crippen LogP contribution in [0.5, 0.6) is 0 Å². The minimum atomic E-state index is -0.840. The highest BCUT2D eigenvalue weighted by Gasteiger charge is 2.27. The van der Waals surface area contributed by atoms with Gasteiger partial charge in [-0.05, 0) is 0 Å². The van der Waals surface area contributed by atoms with Crippen LogP contribution in [0.2, 0.25) is 0 Å². The van der Waals surface area contributed by atoms with Crippen molar-refractivity contribution < 1.29 is 9.90 Å². The Morgan fingerprint density at radius 2 is 2.25 bits per heavy atom. The van der Waals surface area contributed by atoms with Gasteiger partial charge in [-0.2, -0.15) is 0 Å². The summed E-state index contributed by atoms with van der Waals surface area (Å²) in [7, 11) is 0. The van der Waals surface area contributed by atoms with Crippen molar-refractivity contribution in [3.8, 4) is 0 Å². The molecular weight excluding hydrogens is 128 g/mol. The lowest BCUT2D eigenvalue weighted by Gasteiger charge is -2.18. The monoisotopic (exact) mass is 132 g/mol. The van der Waals surface area contributed by atoms with E-state index in [1.54, 1.807) is 12.2 Å². The predicted octanol–water partition coefficient (Wildman–Crippen LogP) is 0.864. The molecular formula is C5H5ClO2. The summed E-state index contributed by atoms with van der Waals surface area (Å²) in [6.45, 7) is 0. The fourth-order valence-electron chi connectivity index (χ4n) is 0.525. The van der Waals surface area contributed by atoms with Gasteiger partial charge >= 0.3 is 5.97 Å². The molecule has 2 nitrogen and oxygen atoms in total. The number of allylic oxidation sites excluding steroid dienone is 1. The minimum absolute atomic E-state index is 0.285. The zero-order chi connectivity index (χ0) is 6.15. The Kier molecular flexibility index (Phi) is 1.26. The predicted molar refractivity (Wildman–Crippen MR) is 29.9 cm³/mol. The van der Waals surface area contributed by atoms with E-state index < -0.39 is 11.9 Å². The summed E-state index contributed by atoms with van der Waals surface area (Å²) in [5, 5.41) is 7.98. The van der Waals surface area contributed by atoms with Crippen molar-refractivity contribution in [3.05, 3.63) is 12.2 Å². The third-order valence-electron chi connectivity index (χ3n) is 1.13. The molecule has 1 N–H and O–H groups in total. The molecule has 8 heavy (non-hydrogen) atoms. The third-order valence-corrected chi connectivity index (χ3v) is 1.55. The molecule has 0 amide bonds. The molecule has 2 atom stereocenters. The fourth-order valence-corrected chi connectivity index (χ4v) is 0.800. The SMILES string of the molecule is O=C(O)[C@H]1C=C[C@@H]1Cl. The zero-order valence-electron chi connectivity index (χ0n) is 4.04. The number of hydrogen-bond acceptors (Lipinski definition) is 1. The first kappa shape index (κ1) is 5.63. The van der Waals surface area contributed by atoms with Crippen molar-refractivity contribution in [3.63, 3.8) is 0 Å². The Morgan fingerprint density at radius 1 is 1.62 bits per heavy atom. The van der Waals surface area contributed by atoms with Crippen molar-refractivity contribution in [2.75, 3.05) is 0 Å². The van der Waals surface area contributed by atoms with E-state index >= 15 is 0 Å². The molecule has 1 rings (SSSR count). The molecule has 0 spiro atoms. The fraction of sp³-hybridized carbons (Fsp3) is 0.400. The second kappa shape index (κ2) is 1.78. The number of carbonyl (C=O) groups is 1. The van der Waals surface area contributed by atoms with Gasteiger partial charge in [0.15, 0.2) is 0 Å². The maximum absolute atomic E-state index is 10.1. The highest BCUT2D eigenvalue weighted by atomic mass is 35.5. The molecule has 1 aliphatic rings. The van der Waals surface area contributed by atoms with Gasteiger partial charge in [0.25, 0.3) is 0 Å². The summed E-state index contributed by atoms with van der Waals surface area (Å²) in [6.07, 6.45) is 3.25. The standard InChI is InChI=1S/C5H5ClO2/c6-4-2-1-3(4)5(7)8/h1-4H,(H,7,8)/t3-,4-/m0/s1. The number of hydrogen-bond donors (Lipinski definition) is 1. The summed E-state index contributed by atoms with van der Waals surface area (Å²) < 4.78 is 0. The second-order valence-corrected chi connectivity index (χ2v) is 2.20. The van der Waals surface area contributed by atoms with E-state index in [0.29, 0.717) is 0 Å². The molecule has 0 radical (unpaired) electrons. The van der Waals surface area contributed by atoms with Gasteiger partial charge in [-0.3, -0.25) is 4.79 Å². The van der Waals surface area contributed by atoms with Gasteiger partial charge in [-0.25, -0.2) is 0 Å². The van der Waals surface area contributed by atoms with Crippen LogP contribution in [0.15, 0.2) is 12.2 Å². The van der Waals surface area contributed by atoms with Gasteiger partial charge in [0.2, 0.25) is 0 Å². The largest absolute Gasteiger partial charge is 0.481 e. The maximum atomic E-state index is 10.1. The Balaban J connectivity index is 2.53. The first-order valence-corrected chi connectivity index (χ1v) is 2.70. The minimum Gasteiger partial charge on any atom is -0.481 e. The summed E-state index contributed by atoms with van der Waals surface area (Å²) in [4.78, 5) is 10.1. The Labute approximate surface area is 51.8 Å². The van der Waals surface area contributed by atoms with E-state index in [9.17, 15) is 4.79 Å². The van der Waals surface area contributed by atoms with E-state index in [-0.39, 0.29) is 5.38 Å². The van der Waals surface area contributed by atoms with Gasteiger partial charge in [0.1, 0.15) is 0 Å². The average Bonchev–Trinajstić information content (AvgIpc) is 1.61. The highest BCUT2D eigenvalue weighted by molar-refractivity contribution is 6.24. The van der Waals surface area contributed by atoms with Gasteiger partial charge in [-0.15, -0.1) is 11.6 Å². The topological polar surface area (TPSA) is 37.3 Å². The summed E-state index contributed by atoms with van der Waals surface area (Å²) in [5.41, 5.74) is 0. The molecule has 44 valence electrons. The van der Waals surface area contributed by atoms with Crippen molar-refractivity contribution in [1.29, 1.82) is 0 Å². The Bertz CT molecular complexity index is 141.